The van der Waals surface area contributed by atoms with Gasteiger partial charge in [-0.3, -0.25) is 0 Å². The van der Waals surface area contributed by atoms with Gasteiger partial charge in [0.2, 0.25) is 0 Å². The summed E-state index contributed by atoms with van der Waals surface area (Å²) >= 11 is 0. The molecule has 7 rings (SSSR count). The van der Waals surface area contributed by atoms with Crippen LogP contribution in [-0.4, -0.2) is 4.57 Å². The summed E-state index contributed by atoms with van der Waals surface area (Å²) in [4.78, 5) is 0. The first kappa shape index (κ1) is 16.7. The van der Waals surface area contributed by atoms with E-state index in [1.54, 1.807) is 0 Å². The molecule has 0 radical (unpaired) electrons. The van der Waals surface area contributed by atoms with Crippen LogP contribution in [0.3, 0.4) is 0 Å². The predicted molar refractivity (Wildman–Crippen MR) is 133 cm³/mol. The van der Waals surface area contributed by atoms with E-state index in [1.807, 2.05) is 0 Å². The first-order chi connectivity index (χ1) is 15.4. The summed E-state index contributed by atoms with van der Waals surface area (Å²) in [7, 11) is 0. The van der Waals surface area contributed by atoms with Gasteiger partial charge in [0.25, 0.3) is 0 Å². The van der Waals surface area contributed by atoms with Crippen LogP contribution in [0.2, 0.25) is 0 Å². The van der Waals surface area contributed by atoms with Crippen molar-refractivity contribution in [3.05, 3.63) is 115 Å². The second-order valence-corrected chi connectivity index (χ2v) is 8.20. The minimum Gasteiger partial charge on any atom is -0.309 e. The Hall–Kier alpha value is -4.10. The van der Waals surface area contributed by atoms with Crippen molar-refractivity contribution in [3.63, 3.8) is 0 Å². The van der Waals surface area contributed by atoms with Gasteiger partial charge in [0.15, 0.2) is 0 Å². The molecule has 0 spiro atoms. The Bertz CT molecular complexity index is 1770. The fourth-order valence-corrected chi connectivity index (χ4v) is 5.21. The van der Waals surface area contributed by atoms with Gasteiger partial charge in [-0.2, -0.15) is 0 Å². The van der Waals surface area contributed by atoms with E-state index >= 15 is 0 Å². The minimum atomic E-state index is 1.19. The van der Waals surface area contributed by atoms with Crippen molar-refractivity contribution < 1.29 is 0 Å². The summed E-state index contributed by atoms with van der Waals surface area (Å²) in [6.45, 7) is 0. The second kappa shape index (κ2) is 6.20. The Morgan fingerprint density at radius 1 is 0.419 bits per heavy atom. The van der Waals surface area contributed by atoms with Crippen LogP contribution in [0.5, 0.6) is 0 Å². The van der Waals surface area contributed by atoms with Gasteiger partial charge in [0.1, 0.15) is 0 Å². The number of hydrogen-bond donors (Lipinski definition) is 0. The van der Waals surface area contributed by atoms with Crippen molar-refractivity contribution in [2.24, 2.45) is 0 Å². The molecule has 0 amide bonds. The lowest BCUT2D eigenvalue weighted by Crippen LogP contribution is -1.94. The first-order valence-corrected chi connectivity index (χ1v) is 10.7. The number of para-hydroxylation sites is 1. The zero-order valence-electron chi connectivity index (χ0n) is 16.9. The van der Waals surface area contributed by atoms with Gasteiger partial charge >= 0.3 is 0 Å². The lowest BCUT2D eigenvalue weighted by Gasteiger charge is -2.12. The Morgan fingerprint density at radius 3 is 1.71 bits per heavy atom. The topological polar surface area (TPSA) is 4.93 Å². The molecular weight excluding hydrogens is 374 g/mol. The van der Waals surface area contributed by atoms with Crippen LogP contribution in [0, 0.1) is 0 Å². The Labute approximate surface area is 179 Å². The van der Waals surface area contributed by atoms with Crippen LogP contribution in [-0.2, 0) is 0 Å². The normalized spacial score (nSPS) is 11.9. The molecule has 1 heteroatoms. The van der Waals surface area contributed by atoms with E-state index in [2.05, 4.69) is 120 Å². The van der Waals surface area contributed by atoms with Crippen LogP contribution < -0.4 is 0 Å². The molecule has 1 heterocycles. The molecule has 6 aromatic carbocycles. The smallest absolute Gasteiger partial charge is 0.0625 e. The van der Waals surface area contributed by atoms with Gasteiger partial charge in [-0.1, -0.05) is 91.0 Å². The molecule has 0 fully saturated rings. The maximum atomic E-state index is 2.45. The standard InChI is InChI=1S/C30H19N/c1-2-12-22(13-3-1)31-28-19-21-11-5-4-10-20(21)18-27(28)29-25-16-8-6-14-23(25)24-15-7-9-17-26(24)30(29)31/h1-19H. The SMILES string of the molecule is c1ccc(-n2c3cc4ccccc4cc3c3c4ccccc4c4ccccc4c32)cc1. The number of nitrogens with zero attached hydrogens (tertiary/aromatic N) is 1. The van der Waals surface area contributed by atoms with Crippen LogP contribution >= 0.6 is 0 Å². The van der Waals surface area contributed by atoms with Crippen molar-refractivity contribution >= 4 is 54.1 Å². The van der Waals surface area contributed by atoms with E-state index in [4.69, 9.17) is 0 Å². The summed E-state index contributed by atoms with van der Waals surface area (Å²) < 4.78 is 2.45. The molecule has 0 bridgehead atoms. The highest BCUT2D eigenvalue weighted by atomic mass is 15.0. The zero-order chi connectivity index (χ0) is 20.4. The van der Waals surface area contributed by atoms with Crippen LogP contribution in [0.1, 0.15) is 0 Å². The molecule has 0 saturated carbocycles. The summed E-state index contributed by atoms with van der Waals surface area (Å²) in [5.41, 5.74) is 3.73. The average molecular weight is 393 g/mol. The minimum absolute atomic E-state index is 1.19. The fraction of sp³-hybridized carbons (Fsp3) is 0. The molecule has 0 N–H and O–H groups in total. The van der Waals surface area contributed by atoms with Crippen molar-refractivity contribution in [1.82, 2.24) is 4.57 Å². The Morgan fingerprint density at radius 2 is 0.968 bits per heavy atom. The van der Waals surface area contributed by atoms with E-state index in [0.29, 0.717) is 0 Å². The number of benzene rings is 6. The average Bonchev–Trinajstić information content (AvgIpc) is 3.18. The quantitative estimate of drug-likeness (QED) is 0.247. The van der Waals surface area contributed by atoms with E-state index in [1.165, 1.54) is 59.8 Å². The molecule has 0 aliphatic carbocycles. The monoisotopic (exact) mass is 393 g/mol. The molecule has 1 aromatic heterocycles. The molecule has 0 aliphatic heterocycles. The van der Waals surface area contributed by atoms with Gasteiger partial charge in [0.05, 0.1) is 11.0 Å². The molecular formula is C30H19N. The third-order valence-electron chi connectivity index (χ3n) is 6.52. The highest BCUT2D eigenvalue weighted by molar-refractivity contribution is 6.32. The molecule has 0 atom stereocenters. The zero-order valence-corrected chi connectivity index (χ0v) is 16.9. The fourth-order valence-electron chi connectivity index (χ4n) is 5.21. The van der Waals surface area contributed by atoms with Crippen molar-refractivity contribution in [2.45, 2.75) is 0 Å². The van der Waals surface area contributed by atoms with Gasteiger partial charge < -0.3 is 4.57 Å². The van der Waals surface area contributed by atoms with E-state index < -0.39 is 0 Å². The lowest BCUT2D eigenvalue weighted by atomic mass is 9.96. The van der Waals surface area contributed by atoms with Crippen LogP contribution in [0.15, 0.2) is 115 Å². The maximum absolute atomic E-state index is 2.45. The van der Waals surface area contributed by atoms with E-state index in [-0.39, 0.29) is 0 Å². The number of aromatic nitrogens is 1. The summed E-state index contributed by atoms with van der Waals surface area (Å²) in [6, 6.07) is 41.8. The molecule has 0 saturated heterocycles. The number of fused-ring (bicyclic) bond motifs is 9. The predicted octanol–water partition coefficient (Wildman–Crippen LogP) is 8.24. The number of hydrogen-bond acceptors (Lipinski definition) is 0. The summed E-state index contributed by atoms with van der Waals surface area (Å²) in [5.74, 6) is 0. The molecule has 0 aliphatic rings. The lowest BCUT2D eigenvalue weighted by molar-refractivity contribution is 1.19. The highest BCUT2D eigenvalue weighted by Crippen LogP contribution is 2.43. The van der Waals surface area contributed by atoms with E-state index in [9.17, 15) is 0 Å². The van der Waals surface area contributed by atoms with Gasteiger partial charge in [-0.25, -0.2) is 0 Å². The van der Waals surface area contributed by atoms with Gasteiger partial charge in [-0.15, -0.1) is 0 Å². The van der Waals surface area contributed by atoms with Gasteiger partial charge in [-0.05, 0) is 51.2 Å². The summed E-state index contributed by atoms with van der Waals surface area (Å²) in [5, 5.41) is 10.4. The maximum Gasteiger partial charge on any atom is 0.0625 e. The van der Waals surface area contributed by atoms with Crippen molar-refractivity contribution in [3.8, 4) is 5.69 Å². The van der Waals surface area contributed by atoms with E-state index in [0.717, 1.165) is 0 Å². The Kier molecular flexibility index (Phi) is 3.33. The third kappa shape index (κ3) is 2.26. The van der Waals surface area contributed by atoms with Gasteiger partial charge in [0, 0.05) is 21.8 Å². The van der Waals surface area contributed by atoms with Crippen molar-refractivity contribution in [2.75, 3.05) is 0 Å². The third-order valence-corrected chi connectivity index (χ3v) is 6.52. The highest BCUT2D eigenvalue weighted by Gasteiger charge is 2.19. The largest absolute Gasteiger partial charge is 0.309 e. The molecule has 1 nitrogen and oxygen atoms in total. The first-order valence-electron chi connectivity index (χ1n) is 10.7. The molecule has 7 aromatic rings. The Balaban J connectivity index is 1.87. The molecule has 144 valence electrons. The van der Waals surface area contributed by atoms with Crippen LogP contribution in [0.25, 0.3) is 59.8 Å². The van der Waals surface area contributed by atoms with Crippen LogP contribution in [0.4, 0.5) is 0 Å². The van der Waals surface area contributed by atoms with Crippen molar-refractivity contribution in [1.29, 1.82) is 0 Å². The molecule has 0 unspecified atom stereocenters. The molecule has 31 heavy (non-hydrogen) atoms. The number of rotatable bonds is 1. The summed E-state index contributed by atoms with van der Waals surface area (Å²) in [6.07, 6.45) is 0. The second-order valence-electron chi connectivity index (χ2n) is 8.20.